The average Bonchev–Trinajstić information content (AvgIpc) is 2.23. The standard InChI is InChI=1S/C11H15Br2N3O3S/c1-6(2)16-10(17)5-15-20(18,19)11-8(13)3-7(12)4-9(11)14/h3-4,6,15H,5,14H2,1-2H3,(H,16,17). The number of carbonyl (C=O) groups is 1. The summed E-state index contributed by atoms with van der Waals surface area (Å²) in [6.07, 6.45) is 0. The predicted molar refractivity (Wildman–Crippen MR) is 84.7 cm³/mol. The largest absolute Gasteiger partial charge is 0.398 e. The minimum Gasteiger partial charge on any atom is -0.398 e. The first-order chi connectivity index (χ1) is 9.13. The van der Waals surface area contributed by atoms with E-state index in [2.05, 4.69) is 41.9 Å². The molecule has 0 aromatic heterocycles. The van der Waals surface area contributed by atoms with Gasteiger partial charge in [0.25, 0.3) is 0 Å². The fourth-order valence-corrected chi connectivity index (χ4v) is 4.52. The summed E-state index contributed by atoms with van der Waals surface area (Å²) in [5.41, 5.74) is 5.80. The third kappa shape index (κ3) is 4.72. The van der Waals surface area contributed by atoms with Crippen molar-refractivity contribution in [2.75, 3.05) is 12.3 Å². The number of halogens is 2. The van der Waals surface area contributed by atoms with Crippen LogP contribution in [0.25, 0.3) is 0 Å². The predicted octanol–water partition coefficient (Wildman–Crippen LogP) is 1.60. The molecule has 112 valence electrons. The molecule has 0 aliphatic carbocycles. The van der Waals surface area contributed by atoms with Gasteiger partial charge in [-0.3, -0.25) is 4.79 Å². The van der Waals surface area contributed by atoms with Crippen molar-refractivity contribution >= 4 is 53.5 Å². The van der Waals surface area contributed by atoms with Gasteiger partial charge in [0.1, 0.15) is 4.90 Å². The van der Waals surface area contributed by atoms with E-state index in [-0.39, 0.29) is 23.2 Å². The molecule has 0 atom stereocenters. The van der Waals surface area contributed by atoms with Gasteiger partial charge in [-0.2, -0.15) is 0 Å². The van der Waals surface area contributed by atoms with E-state index in [1.54, 1.807) is 19.9 Å². The van der Waals surface area contributed by atoms with E-state index in [1.807, 2.05) is 0 Å². The second kappa shape index (κ2) is 6.88. The smallest absolute Gasteiger partial charge is 0.244 e. The molecule has 1 amide bonds. The van der Waals surface area contributed by atoms with E-state index in [1.165, 1.54) is 6.07 Å². The van der Waals surface area contributed by atoms with Crippen LogP contribution in [0.1, 0.15) is 13.8 Å². The lowest BCUT2D eigenvalue weighted by Gasteiger charge is -2.12. The number of hydrogen-bond donors (Lipinski definition) is 3. The molecule has 0 heterocycles. The first kappa shape index (κ1) is 17.4. The van der Waals surface area contributed by atoms with Crippen LogP contribution in [0.2, 0.25) is 0 Å². The van der Waals surface area contributed by atoms with E-state index < -0.39 is 15.9 Å². The quantitative estimate of drug-likeness (QED) is 0.619. The maximum Gasteiger partial charge on any atom is 0.244 e. The molecule has 20 heavy (non-hydrogen) atoms. The van der Waals surface area contributed by atoms with Crippen molar-refractivity contribution < 1.29 is 13.2 Å². The Kier molecular flexibility index (Phi) is 5.99. The molecule has 0 spiro atoms. The van der Waals surface area contributed by atoms with Gasteiger partial charge in [0.2, 0.25) is 15.9 Å². The van der Waals surface area contributed by atoms with Crippen molar-refractivity contribution in [3.8, 4) is 0 Å². The molecule has 1 aromatic rings. The van der Waals surface area contributed by atoms with Crippen LogP contribution in [0.15, 0.2) is 26.0 Å². The molecule has 9 heteroatoms. The lowest BCUT2D eigenvalue weighted by molar-refractivity contribution is -0.120. The fourth-order valence-electron chi connectivity index (χ4n) is 1.47. The lowest BCUT2D eigenvalue weighted by Crippen LogP contribution is -2.40. The maximum atomic E-state index is 12.2. The number of carbonyl (C=O) groups excluding carboxylic acids is 1. The number of nitrogen functional groups attached to an aromatic ring is 1. The Labute approximate surface area is 134 Å². The number of rotatable bonds is 5. The third-order valence-corrected chi connectivity index (χ3v) is 5.04. The Balaban J connectivity index is 2.93. The number of nitrogens with one attached hydrogen (secondary N) is 2. The van der Waals surface area contributed by atoms with E-state index in [4.69, 9.17) is 5.73 Å². The minimum absolute atomic E-state index is 0.0588. The van der Waals surface area contributed by atoms with E-state index in [0.29, 0.717) is 8.95 Å². The van der Waals surface area contributed by atoms with Crippen LogP contribution in [0.5, 0.6) is 0 Å². The number of hydrogen-bond acceptors (Lipinski definition) is 4. The average molecular weight is 429 g/mol. The molecule has 1 aromatic carbocycles. The van der Waals surface area contributed by atoms with Crippen LogP contribution in [-0.2, 0) is 14.8 Å². The second-order valence-electron chi connectivity index (χ2n) is 4.35. The van der Waals surface area contributed by atoms with Crippen molar-refractivity contribution in [2.45, 2.75) is 24.8 Å². The van der Waals surface area contributed by atoms with Crippen molar-refractivity contribution in [3.05, 3.63) is 21.1 Å². The molecule has 0 radical (unpaired) electrons. The first-order valence-electron chi connectivity index (χ1n) is 5.67. The molecule has 0 saturated carbocycles. The van der Waals surface area contributed by atoms with Crippen LogP contribution in [-0.4, -0.2) is 26.9 Å². The van der Waals surface area contributed by atoms with Gasteiger partial charge in [0, 0.05) is 15.0 Å². The maximum absolute atomic E-state index is 12.2. The molecule has 0 aliphatic heterocycles. The molecular formula is C11H15Br2N3O3S. The highest BCUT2D eigenvalue weighted by Crippen LogP contribution is 2.31. The molecule has 0 unspecified atom stereocenters. The first-order valence-corrected chi connectivity index (χ1v) is 8.74. The van der Waals surface area contributed by atoms with Gasteiger partial charge in [-0.15, -0.1) is 0 Å². The summed E-state index contributed by atoms with van der Waals surface area (Å²) in [5, 5.41) is 2.59. The molecular weight excluding hydrogens is 414 g/mol. The Hall–Kier alpha value is -0.640. The summed E-state index contributed by atoms with van der Waals surface area (Å²) >= 11 is 6.37. The number of sulfonamides is 1. The summed E-state index contributed by atoms with van der Waals surface area (Å²) in [5.74, 6) is -0.407. The van der Waals surface area contributed by atoms with Gasteiger partial charge in [-0.1, -0.05) is 15.9 Å². The molecule has 0 bridgehead atoms. The van der Waals surface area contributed by atoms with E-state index >= 15 is 0 Å². The van der Waals surface area contributed by atoms with Gasteiger partial charge >= 0.3 is 0 Å². The molecule has 0 saturated heterocycles. The SMILES string of the molecule is CC(C)NC(=O)CNS(=O)(=O)c1c(N)cc(Br)cc1Br. The topological polar surface area (TPSA) is 101 Å². The molecule has 6 nitrogen and oxygen atoms in total. The second-order valence-corrected chi connectivity index (χ2v) is 7.83. The highest BCUT2D eigenvalue weighted by molar-refractivity contribution is 9.11. The van der Waals surface area contributed by atoms with E-state index in [9.17, 15) is 13.2 Å². The zero-order valence-corrected chi connectivity index (χ0v) is 14.9. The van der Waals surface area contributed by atoms with Crippen LogP contribution >= 0.6 is 31.9 Å². The third-order valence-electron chi connectivity index (χ3n) is 2.18. The summed E-state index contributed by atoms with van der Waals surface area (Å²) in [6.45, 7) is 3.23. The van der Waals surface area contributed by atoms with Gasteiger partial charge in [-0.25, -0.2) is 13.1 Å². The minimum atomic E-state index is -3.87. The number of nitrogens with two attached hydrogens (primary N) is 1. The van der Waals surface area contributed by atoms with Crippen molar-refractivity contribution in [1.82, 2.24) is 10.0 Å². The number of benzene rings is 1. The summed E-state index contributed by atoms with van der Waals surface area (Å²) < 4.78 is 27.5. The van der Waals surface area contributed by atoms with Gasteiger partial charge < -0.3 is 11.1 Å². The zero-order valence-electron chi connectivity index (χ0n) is 10.9. The van der Waals surface area contributed by atoms with E-state index in [0.717, 1.165) is 0 Å². The Morgan fingerprint density at radius 1 is 1.35 bits per heavy atom. The van der Waals surface area contributed by atoms with Gasteiger partial charge in [-0.05, 0) is 41.9 Å². The number of anilines is 1. The van der Waals surface area contributed by atoms with Crippen LogP contribution in [0.3, 0.4) is 0 Å². The lowest BCUT2D eigenvalue weighted by atomic mass is 10.3. The summed E-state index contributed by atoms with van der Waals surface area (Å²) in [7, 11) is -3.87. The Morgan fingerprint density at radius 2 is 1.95 bits per heavy atom. The van der Waals surface area contributed by atoms with Crippen LogP contribution in [0.4, 0.5) is 5.69 Å². The highest BCUT2D eigenvalue weighted by Gasteiger charge is 2.22. The highest BCUT2D eigenvalue weighted by atomic mass is 79.9. The normalized spacial score (nSPS) is 11.7. The van der Waals surface area contributed by atoms with Crippen molar-refractivity contribution in [2.24, 2.45) is 0 Å². The summed E-state index contributed by atoms with van der Waals surface area (Å²) in [4.78, 5) is 11.4. The zero-order chi connectivity index (χ0) is 15.5. The molecule has 1 rings (SSSR count). The molecule has 4 N–H and O–H groups in total. The van der Waals surface area contributed by atoms with Crippen molar-refractivity contribution in [1.29, 1.82) is 0 Å². The Morgan fingerprint density at radius 3 is 2.45 bits per heavy atom. The van der Waals surface area contributed by atoms with Gasteiger partial charge in [0.15, 0.2) is 0 Å². The van der Waals surface area contributed by atoms with Crippen molar-refractivity contribution in [3.63, 3.8) is 0 Å². The van der Waals surface area contributed by atoms with Crippen LogP contribution < -0.4 is 15.8 Å². The molecule has 0 fully saturated rings. The molecule has 0 aliphatic rings. The van der Waals surface area contributed by atoms with Gasteiger partial charge in [0.05, 0.1) is 12.2 Å². The Bertz CT molecular complexity index is 594. The van der Waals surface area contributed by atoms with Crippen LogP contribution in [0, 0.1) is 0 Å². The number of amides is 1. The monoisotopic (exact) mass is 427 g/mol. The summed E-state index contributed by atoms with van der Waals surface area (Å²) in [6, 6.07) is 2.99. The fraction of sp³-hybridized carbons (Fsp3) is 0.364.